The van der Waals surface area contributed by atoms with Crippen molar-refractivity contribution in [3.63, 3.8) is 0 Å². The summed E-state index contributed by atoms with van der Waals surface area (Å²) in [5.41, 5.74) is 1.76. The Labute approximate surface area is 277 Å². The second-order valence-corrected chi connectivity index (χ2v) is 20.9. The van der Waals surface area contributed by atoms with Crippen LogP contribution in [-0.2, 0) is 16.2 Å². The van der Waals surface area contributed by atoms with Gasteiger partial charge in [-0.05, 0) is 59.6 Å². The first-order valence-electron chi connectivity index (χ1n) is 16.4. The topological polar surface area (TPSA) is 137 Å². The van der Waals surface area contributed by atoms with E-state index in [0.717, 1.165) is 35.5 Å². The Hall–Kier alpha value is -3.81. The van der Waals surface area contributed by atoms with Gasteiger partial charge >= 0.3 is 6.09 Å². The second kappa shape index (κ2) is 13.4. The summed E-state index contributed by atoms with van der Waals surface area (Å²) < 4.78 is 15.2. The summed E-state index contributed by atoms with van der Waals surface area (Å²) in [7, 11) is -1.27. The monoisotopic (exact) mass is 663 g/mol. The Kier molecular flexibility index (Phi) is 9.81. The number of hydrogen-bond donors (Lipinski definition) is 2. The number of hydrogen-bond acceptors (Lipinski definition) is 8. The number of likely N-dealkylation sites (tertiary alicyclic amines) is 1. The first-order valence-corrected chi connectivity index (χ1v) is 20.1. The Bertz CT molecular complexity index is 1740. The van der Waals surface area contributed by atoms with Crippen molar-refractivity contribution < 1.29 is 24.2 Å². The predicted molar refractivity (Wildman–Crippen MR) is 185 cm³/mol. The fourth-order valence-corrected chi connectivity index (χ4v) is 6.35. The lowest BCUT2D eigenvalue weighted by atomic mass is 9.92. The largest absolute Gasteiger partial charge is 0.444 e. The van der Waals surface area contributed by atoms with Crippen LogP contribution in [0.25, 0.3) is 27.9 Å². The summed E-state index contributed by atoms with van der Waals surface area (Å²) in [5.74, 6) is 0.274. The highest BCUT2D eigenvalue weighted by Crippen LogP contribution is 2.34. The number of carbonyl (C=O) groups excluding carboxylic acids is 2. The predicted octanol–water partition coefficient (Wildman–Crippen LogP) is 5.70. The average molecular weight is 664 g/mol. The molecular weight excluding hydrogens is 615 g/mol. The second-order valence-electron chi connectivity index (χ2n) is 15.3. The molecule has 1 aliphatic heterocycles. The summed E-state index contributed by atoms with van der Waals surface area (Å²) in [5, 5.41) is 18.8. The fourth-order valence-electron chi connectivity index (χ4n) is 5.59. The molecule has 4 heterocycles. The molecule has 0 aliphatic carbocycles. The van der Waals surface area contributed by atoms with Gasteiger partial charge < -0.3 is 29.4 Å². The van der Waals surface area contributed by atoms with Crippen LogP contribution in [0.1, 0.15) is 69.4 Å². The molecule has 3 aromatic heterocycles. The molecule has 2 amide bonds. The molecule has 0 atom stereocenters. The number of amides is 2. The van der Waals surface area contributed by atoms with Gasteiger partial charge in [0.15, 0.2) is 11.5 Å². The van der Waals surface area contributed by atoms with Crippen LogP contribution in [0, 0.1) is 0 Å². The third-order valence-electron chi connectivity index (χ3n) is 8.24. The summed E-state index contributed by atoms with van der Waals surface area (Å²) in [6.45, 7) is 17.9. The third-order valence-corrected chi connectivity index (χ3v) is 9.94. The van der Waals surface area contributed by atoms with Crippen molar-refractivity contribution in [2.45, 2.75) is 96.9 Å². The molecule has 1 aliphatic rings. The maximum Gasteiger partial charge on any atom is 0.410 e. The Morgan fingerprint density at radius 1 is 1.09 bits per heavy atom. The van der Waals surface area contributed by atoms with Crippen molar-refractivity contribution in [1.29, 1.82) is 0 Å². The molecule has 254 valence electrons. The molecule has 0 bridgehead atoms. The van der Waals surface area contributed by atoms with Crippen LogP contribution in [0.4, 0.5) is 4.79 Å². The smallest absolute Gasteiger partial charge is 0.410 e. The van der Waals surface area contributed by atoms with Crippen LogP contribution in [-0.4, -0.2) is 91.8 Å². The van der Waals surface area contributed by atoms with E-state index in [0.29, 0.717) is 42.2 Å². The van der Waals surface area contributed by atoms with E-state index in [1.54, 1.807) is 35.8 Å². The third kappa shape index (κ3) is 8.19. The molecule has 13 heteroatoms. The van der Waals surface area contributed by atoms with E-state index in [4.69, 9.17) is 24.5 Å². The number of ether oxygens (including phenoxy) is 2. The lowest BCUT2D eigenvalue weighted by Crippen LogP contribution is -2.46. The lowest BCUT2D eigenvalue weighted by Gasteiger charge is -2.33. The van der Waals surface area contributed by atoms with Crippen LogP contribution in [0.5, 0.6) is 0 Å². The minimum Gasteiger partial charge on any atom is -0.444 e. The van der Waals surface area contributed by atoms with Gasteiger partial charge in [0.05, 0.1) is 35.1 Å². The zero-order chi connectivity index (χ0) is 34.1. The Morgan fingerprint density at radius 3 is 2.45 bits per heavy atom. The molecule has 1 aromatic carbocycles. The van der Waals surface area contributed by atoms with Crippen molar-refractivity contribution in [2.75, 3.05) is 26.3 Å². The van der Waals surface area contributed by atoms with Crippen molar-refractivity contribution >= 4 is 42.1 Å². The molecular formula is C34H49N7O5Si. The summed E-state index contributed by atoms with van der Waals surface area (Å²) in [4.78, 5) is 37.7. The van der Waals surface area contributed by atoms with Crippen molar-refractivity contribution in [2.24, 2.45) is 0 Å². The van der Waals surface area contributed by atoms with E-state index in [1.165, 1.54) is 0 Å². The van der Waals surface area contributed by atoms with Crippen LogP contribution in [0.15, 0.2) is 36.7 Å². The first-order chi connectivity index (χ1) is 22.0. The number of nitrogens with zero attached hydrogens (tertiary/aromatic N) is 6. The van der Waals surface area contributed by atoms with Crippen molar-refractivity contribution in [1.82, 2.24) is 34.5 Å². The van der Waals surface area contributed by atoms with Gasteiger partial charge in [0, 0.05) is 45.3 Å². The molecule has 0 spiro atoms. The lowest BCUT2D eigenvalue weighted by molar-refractivity contribution is 0.0204. The standard InChI is InChI=1S/C34H49N7O5Si/c1-33(2,3)46-32(44)39-15-13-23(14-16-39)28-24-11-9-10-12-26(24)41(38-28)27-19-35-30-29(36-27)25(31(43)37-34(4,5)21-42)20-40(30)22-45-17-18-47(6,7)8/h9-12,19-20,23,42H,13-18,21-22H2,1-8H3,(H,37,43). The minimum absolute atomic E-state index is 0.146. The number of aliphatic hydroxyl groups is 1. The van der Waals surface area contributed by atoms with Gasteiger partial charge in [-0.1, -0.05) is 37.8 Å². The molecule has 4 aromatic rings. The minimum atomic E-state index is -1.27. The molecule has 47 heavy (non-hydrogen) atoms. The van der Waals surface area contributed by atoms with Crippen molar-refractivity contribution in [3.05, 3.63) is 47.9 Å². The van der Waals surface area contributed by atoms with Crippen LogP contribution in [0.2, 0.25) is 25.7 Å². The van der Waals surface area contributed by atoms with Gasteiger partial charge in [0.2, 0.25) is 0 Å². The zero-order valence-corrected chi connectivity index (χ0v) is 30.0. The molecule has 0 radical (unpaired) electrons. The van der Waals surface area contributed by atoms with E-state index in [1.807, 2.05) is 43.5 Å². The molecule has 1 saturated heterocycles. The van der Waals surface area contributed by atoms with Gasteiger partial charge in [-0.3, -0.25) is 4.79 Å². The van der Waals surface area contributed by atoms with Crippen LogP contribution < -0.4 is 5.32 Å². The van der Waals surface area contributed by atoms with Crippen LogP contribution >= 0.6 is 0 Å². The highest BCUT2D eigenvalue weighted by molar-refractivity contribution is 6.76. The molecule has 0 unspecified atom stereocenters. The number of aromatic nitrogens is 5. The van der Waals surface area contributed by atoms with E-state index >= 15 is 0 Å². The highest BCUT2D eigenvalue weighted by atomic mass is 28.3. The van der Waals surface area contributed by atoms with E-state index in [9.17, 15) is 14.7 Å². The van der Waals surface area contributed by atoms with Crippen molar-refractivity contribution in [3.8, 4) is 5.82 Å². The average Bonchev–Trinajstić information content (AvgIpc) is 3.56. The van der Waals surface area contributed by atoms with Gasteiger partial charge in [-0.2, -0.15) is 5.10 Å². The summed E-state index contributed by atoms with van der Waals surface area (Å²) in [6.07, 6.45) is 4.63. The maximum absolute atomic E-state index is 13.5. The van der Waals surface area contributed by atoms with E-state index in [2.05, 4.69) is 31.0 Å². The molecule has 12 nitrogen and oxygen atoms in total. The number of rotatable bonds is 10. The van der Waals surface area contributed by atoms with E-state index < -0.39 is 19.2 Å². The number of para-hydroxylation sites is 1. The Morgan fingerprint density at radius 2 is 1.79 bits per heavy atom. The molecule has 0 saturated carbocycles. The van der Waals surface area contributed by atoms with Gasteiger partial charge in [0.1, 0.15) is 17.8 Å². The van der Waals surface area contributed by atoms with Gasteiger partial charge in [-0.25, -0.2) is 19.4 Å². The van der Waals surface area contributed by atoms with E-state index in [-0.39, 0.29) is 31.3 Å². The number of nitrogens with one attached hydrogen (secondary N) is 1. The number of fused-ring (bicyclic) bond motifs is 2. The number of benzene rings is 1. The zero-order valence-electron chi connectivity index (χ0n) is 29.0. The number of aliphatic hydroxyl groups excluding tert-OH is 1. The molecule has 5 rings (SSSR count). The highest BCUT2D eigenvalue weighted by Gasteiger charge is 2.31. The molecule has 1 fully saturated rings. The first kappa shape index (κ1) is 34.5. The van der Waals surface area contributed by atoms with Gasteiger partial charge in [0.25, 0.3) is 5.91 Å². The maximum atomic E-state index is 13.5. The molecule has 2 N–H and O–H groups in total. The quantitative estimate of drug-likeness (QED) is 0.163. The van der Waals surface area contributed by atoms with Gasteiger partial charge in [-0.15, -0.1) is 0 Å². The summed E-state index contributed by atoms with van der Waals surface area (Å²) >= 11 is 0. The van der Waals surface area contributed by atoms with Crippen LogP contribution in [0.3, 0.4) is 0 Å². The normalized spacial score (nSPS) is 15.0. The SMILES string of the molecule is CC(C)(CO)NC(=O)c1cn(COCC[Si](C)(C)C)c2ncc(-n3nc(C4CCN(C(=O)OC(C)(C)C)CC4)c4ccccc43)nc12. The Balaban J connectivity index is 1.47. The number of carbonyl (C=O) groups is 2. The number of piperidine rings is 1. The fraction of sp³-hybridized carbons (Fsp3) is 0.559. The summed E-state index contributed by atoms with van der Waals surface area (Å²) in [6, 6.07) is 9.05.